The highest BCUT2D eigenvalue weighted by atomic mass is 35.5. The van der Waals surface area contributed by atoms with Gasteiger partial charge in [-0.05, 0) is 30.2 Å². The van der Waals surface area contributed by atoms with Gasteiger partial charge >= 0.3 is 0 Å². The molecule has 8 heteroatoms. The molecule has 3 amide bonds. The lowest BCUT2D eigenvalue weighted by atomic mass is 10.0. The fraction of sp³-hybridized carbons (Fsp3) is 0.471. The zero-order chi connectivity index (χ0) is 16.7. The average Bonchev–Trinajstić information content (AvgIpc) is 2.92. The number of piperidine rings is 1. The van der Waals surface area contributed by atoms with Crippen LogP contribution in [0.15, 0.2) is 18.2 Å². The van der Waals surface area contributed by atoms with Crippen LogP contribution >= 0.6 is 12.4 Å². The van der Waals surface area contributed by atoms with Gasteiger partial charge in [0, 0.05) is 50.4 Å². The number of rotatable bonds is 2. The molecule has 1 unspecified atom stereocenters. The molecule has 0 aromatic heterocycles. The molecule has 3 aliphatic heterocycles. The minimum Gasteiger partial charge on any atom is -0.369 e. The summed E-state index contributed by atoms with van der Waals surface area (Å²) in [4.78, 5) is 39.9. The second-order valence-corrected chi connectivity index (χ2v) is 6.48. The third-order valence-corrected chi connectivity index (χ3v) is 4.99. The first-order valence-electron chi connectivity index (χ1n) is 8.37. The van der Waals surface area contributed by atoms with Gasteiger partial charge in [-0.3, -0.25) is 19.7 Å². The zero-order valence-electron chi connectivity index (χ0n) is 13.8. The van der Waals surface area contributed by atoms with Crippen molar-refractivity contribution in [3.63, 3.8) is 0 Å². The number of amides is 3. The van der Waals surface area contributed by atoms with Crippen LogP contribution in [-0.4, -0.2) is 54.8 Å². The Labute approximate surface area is 152 Å². The fourth-order valence-corrected chi connectivity index (χ4v) is 3.68. The van der Waals surface area contributed by atoms with Crippen LogP contribution in [0.3, 0.4) is 0 Å². The summed E-state index contributed by atoms with van der Waals surface area (Å²) in [6.45, 7) is 4.24. The minimum atomic E-state index is -0.551. The molecule has 25 heavy (non-hydrogen) atoms. The Morgan fingerprint density at radius 1 is 1.08 bits per heavy atom. The molecule has 3 heterocycles. The molecule has 1 atom stereocenters. The first-order valence-corrected chi connectivity index (χ1v) is 8.37. The Balaban J connectivity index is 0.00000182. The average molecular weight is 365 g/mol. The van der Waals surface area contributed by atoms with E-state index in [4.69, 9.17) is 0 Å². The molecular weight excluding hydrogens is 344 g/mol. The number of halogens is 1. The van der Waals surface area contributed by atoms with Crippen LogP contribution in [0.4, 0.5) is 5.69 Å². The molecule has 3 aliphatic rings. The number of anilines is 1. The quantitative estimate of drug-likeness (QED) is 0.737. The van der Waals surface area contributed by atoms with E-state index in [2.05, 4.69) is 21.6 Å². The van der Waals surface area contributed by atoms with Crippen LogP contribution in [-0.2, 0) is 16.1 Å². The molecule has 0 saturated carbocycles. The van der Waals surface area contributed by atoms with Gasteiger partial charge in [-0.1, -0.05) is 0 Å². The maximum atomic E-state index is 12.6. The Bertz CT molecular complexity index is 718. The molecule has 0 aliphatic carbocycles. The van der Waals surface area contributed by atoms with Gasteiger partial charge in [0.1, 0.15) is 6.04 Å². The van der Waals surface area contributed by atoms with E-state index in [0.717, 1.165) is 37.4 Å². The number of nitrogens with zero attached hydrogens (tertiary/aromatic N) is 2. The molecule has 0 spiro atoms. The van der Waals surface area contributed by atoms with Crippen LogP contribution in [0.2, 0.25) is 0 Å². The van der Waals surface area contributed by atoms with Crippen molar-refractivity contribution in [2.45, 2.75) is 25.4 Å². The molecule has 0 bridgehead atoms. The molecule has 2 fully saturated rings. The highest BCUT2D eigenvalue weighted by Crippen LogP contribution is 2.30. The number of benzene rings is 1. The predicted molar refractivity (Wildman–Crippen MR) is 94.8 cm³/mol. The summed E-state index contributed by atoms with van der Waals surface area (Å²) in [6.07, 6.45) is 0.678. The third-order valence-electron chi connectivity index (χ3n) is 4.99. The van der Waals surface area contributed by atoms with E-state index in [1.165, 1.54) is 0 Å². The molecule has 1 aromatic carbocycles. The number of nitrogens with one attached hydrogen (secondary N) is 2. The van der Waals surface area contributed by atoms with E-state index in [1.807, 2.05) is 12.1 Å². The fourth-order valence-electron chi connectivity index (χ4n) is 3.68. The first-order chi connectivity index (χ1) is 11.6. The minimum absolute atomic E-state index is 0. The summed E-state index contributed by atoms with van der Waals surface area (Å²) in [5, 5.41) is 5.66. The first kappa shape index (κ1) is 17.7. The van der Waals surface area contributed by atoms with E-state index in [1.54, 1.807) is 4.90 Å². The summed E-state index contributed by atoms with van der Waals surface area (Å²) in [7, 11) is 0. The van der Waals surface area contributed by atoms with E-state index in [0.29, 0.717) is 18.5 Å². The standard InChI is InChI=1S/C17H20N4O3.ClH/c22-15-4-3-14(16(23)19-15)21-10-11-9-12(1-2-13(11)17(21)24)20-7-5-18-6-8-20;/h1-2,9,14,18H,3-8,10H2,(H,19,22,23);1H. The van der Waals surface area contributed by atoms with Crippen molar-refractivity contribution in [2.75, 3.05) is 31.1 Å². The van der Waals surface area contributed by atoms with Gasteiger partial charge in [0.25, 0.3) is 5.91 Å². The molecule has 4 rings (SSSR count). The number of hydrogen-bond donors (Lipinski definition) is 2. The van der Waals surface area contributed by atoms with Crippen LogP contribution in [0.1, 0.15) is 28.8 Å². The number of piperazine rings is 1. The maximum absolute atomic E-state index is 12.6. The van der Waals surface area contributed by atoms with E-state index in [-0.39, 0.29) is 36.5 Å². The summed E-state index contributed by atoms with van der Waals surface area (Å²) < 4.78 is 0. The van der Waals surface area contributed by atoms with Gasteiger partial charge < -0.3 is 15.1 Å². The molecule has 2 saturated heterocycles. The predicted octanol–water partition coefficient (Wildman–Crippen LogP) is 0.279. The summed E-state index contributed by atoms with van der Waals surface area (Å²) >= 11 is 0. The van der Waals surface area contributed by atoms with Crippen molar-refractivity contribution in [1.29, 1.82) is 0 Å². The van der Waals surface area contributed by atoms with Gasteiger partial charge in [-0.15, -0.1) is 12.4 Å². The van der Waals surface area contributed by atoms with E-state index < -0.39 is 6.04 Å². The monoisotopic (exact) mass is 364 g/mol. The highest BCUT2D eigenvalue weighted by Gasteiger charge is 2.39. The van der Waals surface area contributed by atoms with Gasteiger partial charge in [0.05, 0.1) is 0 Å². The summed E-state index contributed by atoms with van der Waals surface area (Å²) in [5.41, 5.74) is 2.74. The van der Waals surface area contributed by atoms with Crippen LogP contribution in [0.25, 0.3) is 0 Å². The van der Waals surface area contributed by atoms with Crippen molar-refractivity contribution in [1.82, 2.24) is 15.5 Å². The number of fused-ring (bicyclic) bond motifs is 1. The van der Waals surface area contributed by atoms with Crippen LogP contribution in [0, 0.1) is 0 Å². The molecule has 0 radical (unpaired) electrons. The second kappa shape index (κ2) is 7.01. The van der Waals surface area contributed by atoms with Gasteiger partial charge in [-0.2, -0.15) is 0 Å². The Morgan fingerprint density at radius 2 is 1.84 bits per heavy atom. The number of imide groups is 1. The normalized spacial score (nSPS) is 23.2. The molecule has 134 valence electrons. The van der Waals surface area contributed by atoms with Gasteiger partial charge in [0.2, 0.25) is 11.8 Å². The zero-order valence-corrected chi connectivity index (χ0v) is 14.6. The lowest BCUT2D eigenvalue weighted by molar-refractivity contribution is -0.136. The van der Waals surface area contributed by atoms with Crippen molar-refractivity contribution in [3.05, 3.63) is 29.3 Å². The lowest BCUT2D eigenvalue weighted by Crippen LogP contribution is -2.52. The van der Waals surface area contributed by atoms with Gasteiger partial charge in [0.15, 0.2) is 0 Å². The summed E-state index contributed by atoms with van der Waals surface area (Å²) in [6, 6.07) is 5.35. The molecular formula is C17H21ClN4O3. The second-order valence-electron chi connectivity index (χ2n) is 6.48. The van der Waals surface area contributed by atoms with Crippen LogP contribution < -0.4 is 15.5 Å². The van der Waals surface area contributed by atoms with Gasteiger partial charge in [-0.25, -0.2) is 0 Å². The smallest absolute Gasteiger partial charge is 0.255 e. The molecule has 2 N–H and O–H groups in total. The Morgan fingerprint density at radius 3 is 2.56 bits per heavy atom. The highest BCUT2D eigenvalue weighted by molar-refractivity contribution is 6.05. The molecule has 1 aromatic rings. The van der Waals surface area contributed by atoms with E-state index >= 15 is 0 Å². The number of carbonyl (C=O) groups excluding carboxylic acids is 3. The SMILES string of the molecule is Cl.O=C1CCC(N2Cc3cc(N4CCNCC4)ccc3C2=O)C(=O)N1. The van der Waals surface area contributed by atoms with Crippen molar-refractivity contribution in [3.8, 4) is 0 Å². The number of hydrogen-bond acceptors (Lipinski definition) is 5. The third kappa shape index (κ3) is 3.21. The number of carbonyl (C=O) groups is 3. The topological polar surface area (TPSA) is 81.8 Å². The van der Waals surface area contributed by atoms with Crippen molar-refractivity contribution >= 4 is 35.8 Å². The summed E-state index contributed by atoms with van der Waals surface area (Å²) in [5.74, 6) is -0.748. The largest absolute Gasteiger partial charge is 0.369 e. The van der Waals surface area contributed by atoms with Crippen molar-refractivity contribution in [2.24, 2.45) is 0 Å². The van der Waals surface area contributed by atoms with Crippen molar-refractivity contribution < 1.29 is 14.4 Å². The molecule has 7 nitrogen and oxygen atoms in total. The van der Waals surface area contributed by atoms with Crippen LogP contribution in [0.5, 0.6) is 0 Å². The maximum Gasteiger partial charge on any atom is 0.255 e. The lowest BCUT2D eigenvalue weighted by Gasteiger charge is -2.30. The Kier molecular flexibility index (Phi) is 4.96. The van der Waals surface area contributed by atoms with E-state index in [9.17, 15) is 14.4 Å². The Hall–Kier alpha value is -2.12.